The Morgan fingerprint density at radius 1 is 0.577 bits per heavy atom. The van der Waals surface area contributed by atoms with Gasteiger partial charge in [0.25, 0.3) is 0 Å². The number of hydrogen-bond acceptors (Lipinski definition) is 14. The van der Waals surface area contributed by atoms with Gasteiger partial charge in [-0.2, -0.15) is 26.3 Å². The van der Waals surface area contributed by atoms with E-state index >= 15 is 0 Å². The Kier molecular flexibility index (Phi) is 15.7. The monoisotopic (exact) mass is 1130 g/mol. The van der Waals surface area contributed by atoms with Crippen LogP contribution in [-0.4, -0.2) is 127 Å². The normalized spacial score (nSPS) is 17.8. The summed E-state index contributed by atoms with van der Waals surface area (Å²) in [5.41, 5.74) is 0.353. The highest BCUT2D eigenvalue weighted by atomic mass is 35.5. The predicted molar refractivity (Wildman–Crippen MR) is 258 cm³/mol. The number of carbonyl (C=O) groups is 2. The van der Waals surface area contributed by atoms with Crippen molar-refractivity contribution in [2.24, 2.45) is 11.8 Å². The van der Waals surface area contributed by atoms with Crippen molar-refractivity contribution < 1.29 is 54.9 Å². The summed E-state index contributed by atoms with van der Waals surface area (Å²) >= 11 is 11.8. The van der Waals surface area contributed by atoms with Crippen LogP contribution in [0.1, 0.15) is 35.9 Å². The minimum Gasteiger partial charge on any atom is -0.382 e. The van der Waals surface area contributed by atoms with Gasteiger partial charge in [-0.3, -0.25) is 28.7 Å². The third kappa shape index (κ3) is 12.6. The zero-order valence-corrected chi connectivity index (χ0v) is 41.4. The zero-order chi connectivity index (χ0) is 55.8. The average molecular weight is 1130 g/mol. The molecule has 0 amide bonds. The number of halogens is 10. The maximum atomic E-state index is 13.3. The Bertz CT molecular complexity index is 3360. The molecule has 408 valence electrons. The van der Waals surface area contributed by atoms with Crippen molar-refractivity contribution in [3.8, 4) is 34.2 Å². The Morgan fingerprint density at radius 3 is 1.27 bits per heavy atom. The van der Waals surface area contributed by atoms with Gasteiger partial charge in [0, 0.05) is 33.6 Å². The van der Waals surface area contributed by atoms with Gasteiger partial charge in [-0.15, -0.1) is 20.4 Å². The molecule has 2 saturated carbocycles. The van der Waals surface area contributed by atoms with Crippen LogP contribution in [0.4, 0.5) is 35.1 Å². The van der Waals surface area contributed by atoms with Gasteiger partial charge in [-0.05, 0) is 85.6 Å². The minimum atomic E-state index is -4.95. The molecule has 10 rings (SSSR count). The van der Waals surface area contributed by atoms with Crippen LogP contribution in [0, 0.1) is 11.8 Å². The second-order valence-electron chi connectivity index (χ2n) is 18.0. The lowest BCUT2D eigenvalue weighted by molar-refractivity contribution is -0.207. The first-order valence-corrected chi connectivity index (χ1v) is 24.2. The number of hydrogen-bond donors (Lipinski definition) is 2. The second-order valence-corrected chi connectivity index (χ2v) is 18.9. The van der Waals surface area contributed by atoms with Crippen LogP contribution in [0.5, 0.6) is 0 Å². The van der Waals surface area contributed by atoms with E-state index in [0.717, 1.165) is 18.5 Å². The Hall–Kier alpha value is -7.82. The number of rotatable bonds is 18. The first-order valence-electron chi connectivity index (χ1n) is 23.4. The van der Waals surface area contributed by atoms with Crippen LogP contribution < -0.4 is 11.4 Å². The van der Waals surface area contributed by atoms with E-state index in [2.05, 4.69) is 40.3 Å². The van der Waals surface area contributed by atoms with Crippen LogP contribution in [0.25, 0.3) is 34.2 Å². The molecule has 0 bridgehead atoms. The Morgan fingerprint density at radius 2 is 0.936 bits per heavy atom. The lowest BCUT2D eigenvalue weighted by Gasteiger charge is -2.15. The predicted octanol–water partition coefficient (Wildman–Crippen LogP) is 5.56. The maximum absolute atomic E-state index is 13.3. The van der Waals surface area contributed by atoms with E-state index in [-0.39, 0.29) is 73.6 Å². The largest absolute Gasteiger partial charge is 0.416 e. The first-order chi connectivity index (χ1) is 37.0. The van der Waals surface area contributed by atoms with E-state index in [0.29, 0.717) is 43.9 Å². The number of aliphatic hydroxyl groups is 2. The van der Waals surface area contributed by atoms with E-state index in [1.54, 1.807) is 24.3 Å². The number of aliphatic hydroxyl groups excluding tert-OH is 2. The maximum Gasteiger partial charge on any atom is 0.416 e. The molecule has 6 aromatic heterocycles. The molecule has 8 aromatic rings. The number of aromatic nitrogens is 14. The SMILES string of the molecule is O=C(Cc1ncccc1-n1cnc(Cn2nc(-c3ccc(Cl)cc3)n(C[C@H](O)C(F)(F)F)c2=O)n1)[C@@H]1C[C@H]1F.O=C(Cc1ncccc1-n1cnc(Cn2nc(-c3ccc(Cl)cc3)n(C[C@H](O)C(F)(F)F)c2=O)n1)[C@H]1C[C@@H]1F. The van der Waals surface area contributed by atoms with Crippen molar-refractivity contribution in [3.63, 3.8) is 0 Å². The fourth-order valence-corrected chi connectivity index (χ4v) is 8.22. The quantitative estimate of drug-likeness (QED) is 0.100. The van der Waals surface area contributed by atoms with Crippen molar-refractivity contribution >= 4 is 34.8 Å². The highest BCUT2D eigenvalue weighted by Gasteiger charge is 2.45. The fraction of sp³-hybridized carbons (Fsp3) is 0.333. The highest BCUT2D eigenvalue weighted by Crippen LogP contribution is 2.37. The van der Waals surface area contributed by atoms with Gasteiger partial charge in [0.1, 0.15) is 49.7 Å². The van der Waals surface area contributed by atoms with Crippen molar-refractivity contribution in [2.75, 3.05) is 0 Å². The second kappa shape index (κ2) is 22.3. The van der Waals surface area contributed by atoms with Crippen molar-refractivity contribution in [3.05, 3.63) is 152 Å². The van der Waals surface area contributed by atoms with Gasteiger partial charge >= 0.3 is 23.7 Å². The topological polar surface area (TPSA) is 241 Å². The third-order valence-electron chi connectivity index (χ3n) is 12.3. The number of pyridine rings is 2. The summed E-state index contributed by atoms with van der Waals surface area (Å²) in [5.74, 6) is -1.83. The number of benzene rings is 2. The molecule has 6 atom stereocenters. The van der Waals surface area contributed by atoms with Gasteiger partial charge < -0.3 is 10.2 Å². The summed E-state index contributed by atoms with van der Waals surface area (Å²) in [7, 11) is 0. The van der Waals surface area contributed by atoms with Gasteiger partial charge in [-0.25, -0.2) is 47.1 Å². The number of nitrogens with zero attached hydrogens (tertiary/aromatic N) is 14. The van der Waals surface area contributed by atoms with Gasteiger partial charge in [0.2, 0.25) is 0 Å². The number of alkyl halides is 8. The molecule has 0 unspecified atom stereocenters. The molecule has 30 heteroatoms. The van der Waals surface area contributed by atoms with E-state index in [1.165, 1.54) is 82.9 Å². The molecule has 6 heterocycles. The van der Waals surface area contributed by atoms with Crippen molar-refractivity contribution in [2.45, 2.75) is 88.8 Å². The Labute approximate surface area is 443 Å². The lowest BCUT2D eigenvalue weighted by Crippen LogP contribution is -2.37. The van der Waals surface area contributed by atoms with Gasteiger partial charge in [-0.1, -0.05) is 23.2 Å². The molecule has 0 spiro atoms. The van der Waals surface area contributed by atoms with Crippen LogP contribution in [0.15, 0.2) is 107 Å². The lowest BCUT2D eigenvalue weighted by atomic mass is 10.1. The summed E-state index contributed by atoms with van der Waals surface area (Å²) in [6.45, 7) is -2.75. The first kappa shape index (κ1) is 55.0. The van der Waals surface area contributed by atoms with Crippen LogP contribution >= 0.6 is 23.2 Å². The zero-order valence-electron chi connectivity index (χ0n) is 39.9. The molecule has 2 N–H and O–H groups in total. The molecule has 2 fully saturated rings. The fourth-order valence-electron chi connectivity index (χ4n) is 7.97. The smallest absolute Gasteiger partial charge is 0.382 e. The van der Waals surface area contributed by atoms with Crippen LogP contribution in [0.3, 0.4) is 0 Å². The van der Waals surface area contributed by atoms with Gasteiger partial charge in [0.15, 0.2) is 35.5 Å². The van der Waals surface area contributed by atoms with E-state index in [9.17, 15) is 64.5 Å². The molecule has 2 aliphatic rings. The molecule has 2 aliphatic carbocycles. The number of Topliss-reactive ketones (excluding diaryl/α,β-unsaturated/α-hetero) is 2. The standard InChI is InChI=1S/2C24H20ClF4N7O3/c2*25-14-5-3-13(4-6-14)22-33-35(23(39)34(22)10-20(38)24(27,28)29)11-21-31-12-36(32-21)18-2-1-7-30-17(18)9-19(37)15-8-16(15)26/h2*1-7,12,15-16,20,38H,8-11H2/t15-,16-,20+;15-,16-,20-/m10/s1. The number of ketones is 2. The van der Waals surface area contributed by atoms with Crippen LogP contribution in [0.2, 0.25) is 10.0 Å². The van der Waals surface area contributed by atoms with Gasteiger partial charge in [0.05, 0.1) is 60.5 Å². The summed E-state index contributed by atoms with van der Waals surface area (Å²) in [6, 6.07) is 18.4. The number of carbonyl (C=O) groups excluding carboxylic acids is 2. The molecule has 20 nitrogen and oxygen atoms in total. The minimum absolute atomic E-state index is 0.0907. The molecule has 78 heavy (non-hydrogen) atoms. The van der Waals surface area contributed by atoms with E-state index < -0.39 is 73.2 Å². The van der Waals surface area contributed by atoms with E-state index in [1.807, 2.05) is 0 Å². The summed E-state index contributed by atoms with van der Waals surface area (Å²) < 4.78 is 111. The molecular formula is C48H40Cl2F8N14O6. The molecule has 0 radical (unpaired) electrons. The molecule has 0 saturated heterocycles. The van der Waals surface area contributed by atoms with Crippen LogP contribution in [-0.2, 0) is 48.6 Å². The molecule has 2 aromatic carbocycles. The average Bonchev–Trinajstić information content (AvgIpc) is 4.04. The molecule has 0 aliphatic heterocycles. The molecular weight excluding hydrogens is 1090 g/mol. The third-order valence-corrected chi connectivity index (χ3v) is 12.8. The Balaban J connectivity index is 0.000000190. The van der Waals surface area contributed by atoms with Crippen molar-refractivity contribution in [1.82, 2.24) is 68.2 Å². The summed E-state index contributed by atoms with van der Waals surface area (Å²) in [6.07, 6.45) is -11.9. The van der Waals surface area contributed by atoms with Crippen molar-refractivity contribution in [1.29, 1.82) is 0 Å². The summed E-state index contributed by atoms with van der Waals surface area (Å²) in [4.78, 5) is 67.4. The summed E-state index contributed by atoms with van der Waals surface area (Å²) in [5, 5.41) is 37.0. The van der Waals surface area contributed by atoms with E-state index in [4.69, 9.17) is 23.2 Å². The highest BCUT2D eigenvalue weighted by molar-refractivity contribution is 6.30.